The van der Waals surface area contributed by atoms with Gasteiger partial charge >= 0.3 is 6.03 Å². The molecule has 1 fully saturated rings. The number of benzene rings is 1. The monoisotopic (exact) mass is 302 g/mol. The smallest absolute Gasteiger partial charge is 0.277 e. The zero-order valence-electron chi connectivity index (χ0n) is 11.2. The van der Waals surface area contributed by atoms with Gasteiger partial charge in [0.15, 0.2) is 0 Å². The summed E-state index contributed by atoms with van der Waals surface area (Å²) in [5, 5.41) is 2.23. The Hall–Kier alpha value is -2.26. The lowest BCUT2D eigenvalue weighted by molar-refractivity contribution is -0.138. The average molecular weight is 302 g/mol. The van der Waals surface area contributed by atoms with Crippen molar-refractivity contribution in [3.8, 4) is 12.3 Å². The number of hydrogen-bond acceptors (Lipinski definition) is 4. The maximum Gasteiger partial charge on any atom is 0.330 e. The highest BCUT2D eigenvalue weighted by molar-refractivity contribution is 7.99. The maximum atomic E-state index is 12.4. The molecule has 1 saturated heterocycles. The maximum absolute atomic E-state index is 12.4. The molecule has 0 aromatic heterocycles. The second kappa shape index (κ2) is 6.95. The van der Waals surface area contributed by atoms with Crippen molar-refractivity contribution in [2.24, 2.45) is 0 Å². The van der Waals surface area contributed by atoms with Crippen molar-refractivity contribution in [3.05, 3.63) is 35.9 Å². The number of barbiturate groups is 1. The molecule has 1 aromatic rings. The van der Waals surface area contributed by atoms with Gasteiger partial charge in [0.1, 0.15) is 5.92 Å². The number of urea groups is 1. The summed E-state index contributed by atoms with van der Waals surface area (Å²) < 4.78 is 0. The molecule has 1 unspecified atom stereocenters. The van der Waals surface area contributed by atoms with E-state index in [4.69, 9.17) is 6.42 Å². The Morgan fingerprint density at radius 3 is 2.62 bits per heavy atom. The Kier molecular flexibility index (Phi) is 5.01. The van der Waals surface area contributed by atoms with E-state index in [1.54, 1.807) is 30.3 Å². The molecule has 1 aromatic carbocycles. The van der Waals surface area contributed by atoms with Crippen molar-refractivity contribution in [2.45, 2.75) is 5.92 Å². The molecular weight excluding hydrogens is 288 g/mol. The van der Waals surface area contributed by atoms with E-state index in [-0.39, 0.29) is 6.54 Å². The Balaban J connectivity index is 2.13. The fourth-order valence-corrected chi connectivity index (χ4v) is 2.63. The van der Waals surface area contributed by atoms with Crippen molar-refractivity contribution < 1.29 is 14.4 Å². The fourth-order valence-electron chi connectivity index (χ4n) is 2.05. The highest BCUT2D eigenvalue weighted by Gasteiger charge is 2.40. The van der Waals surface area contributed by atoms with Crippen LogP contribution in [0.1, 0.15) is 11.5 Å². The number of rotatable bonds is 5. The molecule has 1 aliphatic heterocycles. The highest BCUT2D eigenvalue weighted by atomic mass is 32.2. The lowest BCUT2D eigenvalue weighted by atomic mass is 9.95. The zero-order valence-corrected chi connectivity index (χ0v) is 12.1. The molecule has 0 radical (unpaired) electrons. The molecule has 1 atom stereocenters. The summed E-state index contributed by atoms with van der Waals surface area (Å²) in [6.45, 7) is 0.230. The van der Waals surface area contributed by atoms with Crippen molar-refractivity contribution in [1.82, 2.24) is 10.2 Å². The number of terminal acetylenes is 1. The van der Waals surface area contributed by atoms with Crippen LogP contribution in [0.2, 0.25) is 0 Å². The predicted molar refractivity (Wildman–Crippen MR) is 80.6 cm³/mol. The standard InChI is InChI=1S/C15H14N2O3S/c1-2-9-21-10-8-17-14(19)12(13(18)16-15(17)20)11-6-4-3-5-7-11/h1,3-7,12H,8-10H2,(H,16,18,20). The van der Waals surface area contributed by atoms with Crippen molar-refractivity contribution in [2.75, 3.05) is 18.1 Å². The van der Waals surface area contributed by atoms with Gasteiger partial charge < -0.3 is 0 Å². The molecule has 1 N–H and O–H groups in total. The average Bonchev–Trinajstić information content (AvgIpc) is 2.47. The van der Waals surface area contributed by atoms with Gasteiger partial charge in [0.05, 0.1) is 5.75 Å². The lowest BCUT2D eigenvalue weighted by Crippen LogP contribution is -2.57. The molecule has 0 spiro atoms. The Morgan fingerprint density at radius 1 is 1.24 bits per heavy atom. The van der Waals surface area contributed by atoms with Crippen LogP contribution in [-0.4, -0.2) is 40.8 Å². The van der Waals surface area contributed by atoms with Crippen molar-refractivity contribution in [1.29, 1.82) is 0 Å². The van der Waals surface area contributed by atoms with Gasteiger partial charge in [0, 0.05) is 12.3 Å². The van der Waals surface area contributed by atoms with E-state index in [0.29, 0.717) is 17.1 Å². The van der Waals surface area contributed by atoms with E-state index < -0.39 is 23.8 Å². The number of imide groups is 2. The molecule has 5 nitrogen and oxygen atoms in total. The van der Waals surface area contributed by atoms with Crippen LogP contribution >= 0.6 is 11.8 Å². The summed E-state index contributed by atoms with van der Waals surface area (Å²) in [4.78, 5) is 37.2. The van der Waals surface area contributed by atoms with Gasteiger partial charge in [-0.05, 0) is 5.56 Å². The van der Waals surface area contributed by atoms with Gasteiger partial charge in [-0.1, -0.05) is 36.3 Å². The van der Waals surface area contributed by atoms with E-state index in [2.05, 4.69) is 11.2 Å². The normalized spacial score (nSPS) is 18.3. The molecule has 0 bridgehead atoms. The number of carbonyl (C=O) groups excluding carboxylic acids is 3. The van der Waals surface area contributed by atoms with Gasteiger partial charge in [-0.15, -0.1) is 18.2 Å². The van der Waals surface area contributed by atoms with Crippen LogP contribution < -0.4 is 5.32 Å². The van der Waals surface area contributed by atoms with E-state index >= 15 is 0 Å². The molecule has 1 aliphatic rings. The van der Waals surface area contributed by atoms with Crippen LogP contribution in [0.25, 0.3) is 0 Å². The van der Waals surface area contributed by atoms with E-state index in [0.717, 1.165) is 4.90 Å². The summed E-state index contributed by atoms with van der Waals surface area (Å²) in [5.74, 6) is 1.49. The Bertz CT molecular complexity index is 595. The summed E-state index contributed by atoms with van der Waals surface area (Å²) >= 11 is 1.45. The molecular formula is C15H14N2O3S. The van der Waals surface area contributed by atoms with Crippen LogP contribution in [0.4, 0.5) is 4.79 Å². The van der Waals surface area contributed by atoms with Gasteiger partial charge in [-0.25, -0.2) is 4.79 Å². The van der Waals surface area contributed by atoms with Gasteiger partial charge in [-0.3, -0.25) is 19.8 Å². The minimum absolute atomic E-state index is 0.230. The molecule has 0 saturated carbocycles. The predicted octanol–water partition coefficient (Wildman–Crippen LogP) is 1.21. The second-order valence-electron chi connectivity index (χ2n) is 4.38. The Labute approximate surface area is 127 Å². The third-order valence-electron chi connectivity index (χ3n) is 3.03. The van der Waals surface area contributed by atoms with Crippen LogP contribution in [-0.2, 0) is 9.59 Å². The van der Waals surface area contributed by atoms with Crippen LogP contribution in [0, 0.1) is 12.3 Å². The Morgan fingerprint density at radius 2 is 1.95 bits per heavy atom. The number of carbonyl (C=O) groups is 3. The highest BCUT2D eigenvalue weighted by Crippen LogP contribution is 2.22. The third kappa shape index (κ3) is 3.44. The number of amides is 4. The van der Waals surface area contributed by atoms with Crippen LogP contribution in [0.5, 0.6) is 0 Å². The quantitative estimate of drug-likeness (QED) is 0.504. The fraction of sp³-hybridized carbons (Fsp3) is 0.267. The minimum atomic E-state index is -0.971. The summed E-state index contributed by atoms with van der Waals surface area (Å²) in [6.07, 6.45) is 5.14. The first-order chi connectivity index (χ1) is 10.1. The minimum Gasteiger partial charge on any atom is -0.277 e. The molecule has 0 aliphatic carbocycles. The first-order valence-corrected chi connectivity index (χ1v) is 7.53. The largest absolute Gasteiger partial charge is 0.330 e. The summed E-state index contributed by atoms with van der Waals surface area (Å²) in [5.41, 5.74) is 0.578. The number of nitrogens with zero attached hydrogens (tertiary/aromatic N) is 1. The van der Waals surface area contributed by atoms with E-state index in [9.17, 15) is 14.4 Å². The molecule has 4 amide bonds. The van der Waals surface area contributed by atoms with Crippen LogP contribution in [0.3, 0.4) is 0 Å². The molecule has 21 heavy (non-hydrogen) atoms. The molecule has 1 heterocycles. The molecule has 6 heteroatoms. The zero-order chi connectivity index (χ0) is 15.2. The van der Waals surface area contributed by atoms with Crippen molar-refractivity contribution in [3.63, 3.8) is 0 Å². The van der Waals surface area contributed by atoms with Gasteiger partial charge in [-0.2, -0.15) is 0 Å². The first-order valence-electron chi connectivity index (χ1n) is 6.37. The topological polar surface area (TPSA) is 66.5 Å². The first kappa shape index (κ1) is 15.1. The van der Waals surface area contributed by atoms with Crippen molar-refractivity contribution >= 4 is 29.6 Å². The van der Waals surface area contributed by atoms with Crippen LogP contribution in [0.15, 0.2) is 30.3 Å². The number of hydrogen-bond donors (Lipinski definition) is 1. The van der Waals surface area contributed by atoms with E-state index in [1.165, 1.54) is 11.8 Å². The second-order valence-corrected chi connectivity index (χ2v) is 5.49. The van der Waals surface area contributed by atoms with Gasteiger partial charge in [0.25, 0.3) is 0 Å². The molecule has 108 valence electrons. The summed E-state index contributed by atoms with van der Waals surface area (Å²) in [6, 6.07) is 8.03. The molecule has 2 rings (SSSR count). The van der Waals surface area contributed by atoms with E-state index in [1.807, 2.05) is 0 Å². The number of thioether (sulfide) groups is 1. The van der Waals surface area contributed by atoms with Gasteiger partial charge in [0.2, 0.25) is 11.8 Å². The third-order valence-corrected chi connectivity index (χ3v) is 3.87. The summed E-state index contributed by atoms with van der Waals surface area (Å²) in [7, 11) is 0. The SMILES string of the molecule is C#CCSCCN1C(=O)NC(=O)C(c2ccccc2)C1=O. The lowest BCUT2D eigenvalue weighted by Gasteiger charge is -2.30. The number of nitrogens with one attached hydrogen (secondary N) is 1.